The highest BCUT2D eigenvalue weighted by Crippen LogP contribution is 2.68. The molecule has 0 saturated heterocycles. The van der Waals surface area contributed by atoms with Gasteiger partial charge in [0.25, 0.3) is 0 Å². The van der Waals surface area contributed by atoms with E-state index in [9.17, 15) is 24.9 Å². The number of carbonyl (C=O) groups is 2. The van der Waals surface area contributed by atoms with Crippen LogP contribution in [0, 0.1) is 46.3 Å². The number of nitrogens with one attached hydrogen (secondary N) is 1. The van der Waals surface area contributed by atoms with Crippen LogP contribution in [0.4, 0.5) is 0 Å². The molecule has 0 aromatic heterocycles. The Balaban J connectivity index is 1.49. The van der Waals surface area contributed by atoms with Gasteiger partial charge in [0.2, 0.25) is 5.91 Å². The van der Waals surface area contributed by atoms with Gasteiger partial charge >= 0.3 is 0 Å². The number of hydrogen-bond acceptors (Lipinski definition) is 5. The second kappa shape index (κ2) is 9.23. The fourth-order valence-corrected chi connectivity index (χ4v) is 9.00. The molecule has 0 bridgehead atoms. The largest absolute Gasteiger partial charge is 0.393 e. The van der Waals surface area contributed by atoms with E-state index in [1.54, 1.807) is 0 Å². The first-order chi connectivity index (χ1) is 15.5. The first-order valence-electron chi connectivity index (χ1n) is 13.3. The molecule has 0 aromatic rings. The van der Waals surface area contributed by atoms with Crippen LogP contribution in [0.1, 0.15) is 85.5 Å². The zero-order valence-corrected chi connectivity index (χ0v) is 20.9. The maximum atomic E-state index is 12.2. The van der Waals surface area contributed by atoms with Crippen molar-refractivity contribution in [3.05, 3.63) is 0 Å². The van der Waals surface area contributed by atoms with Gasteiger partial charge < -0.3 is 20.6 Å². The lowest BCUT2D eigenvalue weighted by atomic mass is 9.43. The van der Waals surface area contributed by atoms with Gasteiger partial charge in [0.15, 0.2) is 0 Å². The molecule has 188 valence electrons. The van der Waals surface area contributed by atoms with Crippen LogP contribution in [0.25, 0.3) is 0 Å². The summed E-state index contributed by atoms with van der Waals surface area (Å²) in [5.74, 6) is 1.64. The third-order valence-corrected chi connectivity index (χ3v) is 10.9. The summed E-state index contributed by atoms with van der Waals surface area (Å²) in [6.45, 7) is 8.36. The predicted molar refractivity (Wildman–Crippen MR) is 126 cm³/mol. The molecule has 6 nitrogen and oxygen atoms in total. The van der Waals surface area contributed by atoms with Crippen LogP contribution in [-0.2, 0) is 9.59 Å². The van der Waals surface area contributed by atoms with Gasteiger partial charge in [-0.15, -0.1) is 0 Å². The molecule has 3 unspecified atom stereocenters. The molecule has 0 aromatic carbocycles. The van der Waals surface area contributed by atoms with Crippen molar-refractivity contribution in [3.63, 3.8) is 0 Å². The normalized spacial score (nSPS) is 47.7. The number of ketones is 1. The van der Waals surface area contributed by atoms with E-state index in [1.165, 1.54) is 6.92 Å². The van der Waals surface area contributed by atoms with Crippen molar-refractivity contribution in [2.45, 2.75) is 104 Å². The van der Waals surface area contributed by atoms with E-state index in [1.807, 2.05) is 0 Å². The minimum absolute atomic E-state index is 0.0446. The molecular formula is C27H45NO5. The van der Waals surface area contributed by atoms with Gasteiger partial charge in [-0.2, -0.15) is 0 Å². The number of amides is 1. The van der Waals surface area contributed by atoms with Crippen LogP contribution in [-0.4, -0.2) is 51.9 Å². The molecule has 1 amide bonds. The number of rotatable bonds is 6. The SMILES string of the molecule is CC(=O)CNC(=O)CC[C@@H](C)[C@H]1CCC2C3C(C[C@H](O)[C@@]21C)[C@@]1(C)CC[C@@H](O)C[C@H]1C[C@H]3O. The minimum Gasteiger partial charge on any atom is -0.393 e. The number of fused-ring (bicyclic) bond motifs is 5. The molecule has 0 aliphatic heterocycles. The molecule has 4 rings (SSSR count). The van der Waals surface area contributed by atoms with Gasteiger partial charge in [-0.3, -0.25) is 9.59 Å². The van der Waals surface area contributed by atoms with E-state index in [0.717, 1.165) is 51.4 Å². The Hall–Kier alpha value is -0.980. The summed E-state index contributed by atoms with van der Waals surface area (Å²) >= 11 is 0. The maximum absolute atomic E-state index is 12.2. The summed E-state index contributed by atoms with van der Waals surface area (Å²) in [4.78, 5) is 23.3. The second-order valence-electron chi connectivity index (χ2n) is 12.5. The predicted octanol–water partition coefficient (Wildman–Crippen LogP) is 3.07. The highest BCUT2D eigenvalue weighted by atomic mass is 16.3. The quantitative estimate of drug-likeness (QED) is 0.484. The molecule has 33 heavy (non-hydrogen) atoms. The zero-order chi connectivity index (χ0) is 24.1. The van der Waals surface area contributed by atoms with Gasteiger partial charge in [-0.05, 0) is 105 Å². The number of aliphatic hydroxyl groups is 3. The maximum Gasteiger partial charge on any atom is 0.220 e. The van der Waals surface area contributed by atoms with Crippen molar-refractivity contribution < 1.29 is 24.9 Å². The van der Waals surface area contributed by atoms with Crippen molar-refractivity contribution >= 4 is 11.7 Å². The van der Waals surface area contributed by atoms with E-state index in [0.29, 0.717) is 36.0 Å². The molecule has 6 heteroatoms. The van der Waals surface area contributed by atoms with E-state index in [-0.39, 0.29) is 47.2 Å². The Kier molecular flexibility index (Phi) is 7.03. The summed E-state index contributed by atoms with van der Waals surface area (Å²) < 4.78 is 0. The monoisotopic (exact) mass is 463 g/mol. The number of carbonyl (C=O) groups excluding carboxylic acids is 2. The molecule has 4 aliphatic rings. The smallest absolute Gasteiger partial charge is 0.220 e. The third-order valence-electron chi connectivity index (χ3n) is 10.9. The molecule has 0 spiro atoms. The van der Waals surface area contributed by atoms with E-state index in [2.05, 4.69) is 26.1 Å². The summed E-state index contributed by atoms with van der Waals surface area (Å²) in [6.07, 6.45) is 6.29. The van der Waals surface area contributed by atoms with Gasteiger partial charge in [-0.1, -0.05) is 20.8 Å². The van der Waals surface area contributed by atoms with Crippen LogP contribution in [0.3, 0.4) is 0 Å². The molecule has 11 atom stereocenters. The first-order valence-corrected chi connectivity index (χ1v) is 13.3. The highest BCUT2D eigenvalue weighted by molar-refractivity contribution is 5.84. The fourth-order valence-electron chi connectivity index (χ4n) is 9.00. The lowest BCUT2D eigenvalue weighted by molar-refractivity contribution is -0.207. The summed E-state index contributed by atoms with van der Waals surface area (Å²) in [7, 11) is 0. The molecule has 4 N–H and O–H groups in total. The Morgan fingerprint density at radius 2 is 1.76 bits per heavy atom. The molecule has 4 aliphatic carbocycles. The van der Waals surface area contributed by atoms with Gasteiger partial charge in [0.05, 0.1) is 24.9 Å². The van der Waals surface area contributed by atoms with E-state index in [4.69, 9.17) is 0 Å². The van der Waals surface area contributed by atoms with E-state index < -0.39 is 6.10 Å². The summed E-state index contributed by atoms with van der Waals surface area (Å²) in [6, 6.07) is 0. The Morgan fingerprint density at radius 3 is 2.45 bits per heavy atom. The van der Waals surface area contributed by atoms with Crippen molar-refractivity contribution in [2.75, 3.05) is 6.54 Å². The number of hydrogen-bond donors (Lipinski definition) is 4. The van der Waals surface area contributed by atoms with Crippen molar-refractivity contribution in [2.24, 2.45) is 46.3 Å². The average Bonchev–Trinajstić information content (AvgIpc) is 3.11. The summed E-state index contributed by atoms with van der Waals surface area (Å²) in [5, 5.41) is 35.9. The standard InChI is InChI=1S/C27H45NO5/c1-15(5-8-24(33)28-14-16(2)29)19-6-7-20-25-21(13-23(32)27(19,20)4)26(3)10-9-18(30)11-17(26)12-22(25)31/h15,17-23,25,30-32H,5-14H2,1-4H3,(H,28,33)/t15-,17+,18-,19-,20?,21?,22-,23+,25?,26+,27-/m1/s1. The zero-order valence-electron chi connectivity index (χ0n) is 20.9. The third kappa shape index (κ3) is 4.29. The minimum atomic E-state index is -0.403. The topological polar surface area (TPSA) is 107 Å². The second-order valence-corrected chi connectivity index (χ2v) is 12.5. The lowest BCUT2D eigenvalue weighted by Crippen LogP contribution is -2.62. The van der Waals surface area contributed by atoms with E-state index >= 15 is 0 Å². The summed E-state index contributed by atoms with van der Waals surface area (Å²) in [5.41, 5.74) is -0.154. The van der Waals surface area contributed by atoms with Crippen LogP contribution >= 0.6 is 0 Å². The number of aliphatic hydroxyl groups excluding tert-OH is 3. The molecular weight excluding hydrogens is 418 g/mol. The first kappa shape index (κ1) is 25.1. The lowest BCUT2D eigenvalue weighted by Gasteiger charge is -2.63. The Bertz CT molecular complexity index is 757. The fraction of sp³-hybridized carbons (Fsp3) is 0.926. The number of Topliss-reactive ketones (excluding diaryl/α,β-unsaturated/α-hetero) is 1. The van der Waals surface area contributed by atoms with Gasteiger partial charge in [0, 0.05) is 6.42 Å². The average molecular weight is 464 g/mol. The van der Waals surface area contributed by atoms with Crippen molar-refractivity contribution in [3.8, 4) is 0 Å². The Morgan fingerprint density at radius 1 is 1.03 bits per heavy atom. The molecule has 4 saturated carbocycles. The van der Waals surface area contributed by atoms with Crippen LogP contribution in [0.5, 0.6) is 0 Å². The van der Waals surface area contributed by atoms with Crippen LogP contribution in [0.2, 0.25) is 0 Å². The molecule has 0 radical (unpaired) electrons. The van der Waals surface area contributed by atoms with Crippen molar-refractivity contribution in [1.82, 2.24) is 5.32 Å². The molecule has 0 heterocycles. The van der Waals surface area contributed by atoms with Crippen LogP contribution in [0.15, 0.2) is 0 Å². The highest BCUT2D eigenvalue weighted by Gasteiger charge is 2.65. The van der Waals surface area contributed by atoms with Crippen molar-refractivity contribution in [1.29, 1.82) is 0 Å². The molecule has 4 fully saturated rings. The Labute approximate surface area is 198 Å². The van der Waals surface area contributed by atoms with Gasteiger partial charge in [0.1, 0.15) is 5.78 Å². The van der Waals surface area contributed by atoms with Crippen LogP contribution < -0.4 is 5.32 Å². The van der Waals surface area contributed by atoms with Gasteiger partial charge in [-0.25, -0.2) is 0 Å².